The van der Waals surface area contributed by atoms with Gasteiger partial charge in [-0.1, -0.05) is 5.16 Å². The third kappa shape index (κ3) is 3.37. The van der Waals surface area contributed by atoms with E-state index in [2.05, 4.69) is 20.1 Å². The summed E-state index contributed by atoms with van der Waals surface area (Å²) in [6.45, 7) is 7.20. The Hall–Kier alpha value is -2.96. The molecule has 0 aliphatic carbocycles. The lowest BCUT2D eigenvalue weighted by molar-refractivity contribution is 0.0705. The van der Waals surface area contributed by atoms with Crippen LogP contribution in [0.1, 0.15) is 51.9 Å². The van der Waals surface area contributed by atoms with Gasteiger partial charge in [-0.05, 0) is 39.7 Å². The molecule has 1 aliphatic heterocycles. The molecule has 7 nitrogen and oxygen atoms in total. The smallest absolute Gasteiger partial charge is 0.255 e. The van der Waals surface area contributed by atoms with Gasteiger partial charge in [0.2, 0.25) is 0 Å². The fourth-order valence-corrected chi connectivity index (χ4v) is 3.85. The summed E-state index contributed by atoms with van der Waals surface area (Å²) < 4.78 is 5.43. The molecule has 140 valence electrons. The quantitative estimate of drug-likeness (QED) is 0.768. The van der Waals surface area contributed by atoms with Gasteiger partial charge in [0.05, 0.1) is 22.5 Å². The summed E-state index contributed by atoms with van der Waals surface area (Å²) >= 11 is 0. The van der Waals surface area contributed by atoms with E-state index in [0.29, 0.717) is 12.3 Å². The lowest BCUT2D eigenvalue weighted by atomic mass is 9.91. The van der Waals surface area contributed by atoms with Crippen LogP contribution in [-0.4, -0.2) is 44.0 Å². The lowest BCUT2D eigenvalue weighted by Gasteiger charge is -2.33. The van der Waals surface area contributed by atoms with Crippen LogP contribution in [-0.2, 0) is 0 Å². The monoisotopic (exact) mass is 365 g/mol. The van der Waals surface area contributed by atoms with Crippen LogP contribution in [0.15, 0.2) is 29.2 Å². The molecule has 0 bridgehead atoms. The molecule has 1 saturated heterocycles. The average Bonchev–Trinajstić information content (AvgIpc) is 3.26. The number of aromatic nitrogens is 4. The van der Waals surface area contributed by atoms with E-state index in [-0.39, 0.29) is 11.8 Å². The van der Waals surface area contributed by atoms with Crippen molar-refractivity contribution in [3.63, 3.8) is 0 Å². The second-order valence-electron chi connectivity index (χ2n) is 7.24. The maximum Gasteiger partial charge on any atom is 0.255 e. The molecule has 0 radical (unpaired) electrons. The Balaban J connectivity index is 1.61. The van der Waals surface area contributed by atoms with Gasteiger partial charge in [-0.15, -0.1) is 0 Å². The molecule has 4 heterocycles. The van der Waals surface area contributed by atoms with Crippen LogP contribution in [0.4, 0.5) is 0 Å². The van der Waals surface area contributed by atoms with E-state index >= 15 is 0 Å². The summed E-state index contributed by atoms with van der Waals surface area (Å²) in [5.41, 5.74) is 5.26. The van der Waals surface area contributed by atoms with Crippen LogP contribution in [0, 0.1) is 20.8 Å². The molecule has 1 atom stereocenters. The Morgan fingerprint density at radius 3 is 2.85 bits per heavy atom. The summed E-state index contributed by atoms with van der Waals surface area (Å²) in [5, 5.41) is 3.98. The number of amides is 1. The van der Waals surface area contributed by atoms with Gasteiger partial charge in [-0.25, -0.2) is 9.97 Å². The largest absolute Gasteiger partial charge is 0.362 e. The van der Waals surface area contributed by atoms with Crippen molar-refractivity contribution in [3.8, 4) is 11.3 Å². The minimum atomic E-state index is 0.0765. The van der Waals surface area contributed by atoms with Gasteiger partial charge >= 0.3 is 0 Å². The molecule has 27 heavy (non-hydrogen) atoms. The highest BCUT2D eigenvalue weighted by molar-refractivity contribution is 5.95. The minimum Gasteiger partial charge on any atom is -0.362 e. The predicted octanol–water partition coefficient (Wildman–Crippen LogP) is 3.40. The number of piperidine rings is 1. The van der Waals surface area contributed by atoms with Crippen molar-refractivity contribution in [1.29, 1.82) is 0 Å². The number of hydrogen-bond donors (Lipinski definition) is 1. The molecule has 3 aromatic heterocycles. The number of carbonyl (C=O) groups is 1. The van der Waals surface area contributed by atoms with Gasteiger partial charge in [0.25, 0.3) is 5.91 Å². The molecule has 1 N–H and O–H groups in total. The van der Waals surface area contributed by atoms with Crippen molar-refractivity contribution < 1.29 is 9.32 Å². The van der Waals surface area contributed by atoms with Gasteiger partial charge in [-0.2, -0.15) is 0 Å². The number of aryl methyl sites for hydroxylation is 3. The summed E-state index contributed by atoms with van der Waals surface area (Å²) in [7, 11) is 0. The number of likely N-dealkylation sites (tertiary alicyclic amines) is 1. The molecular weight excluding hydrogens is 342 g/mol. The van der Waals surface area contributed by atoms with Crippen LogP contribution in [0.25, 0.3) is 11.3 Å². The van der Waals surface area contributed by atoms with Crippen LogP contribution in [0.3, 0.4) is 0 Å². The molecule has 0 saturated carbocycles. The zero-order valence-corrected chi connectivity index (χ0v) is 15.8. The minimum absolute atomic E-state index is 0.0765. The molecule has 1 unspecified atom stereocenters. The van der Waals surface area contributed by atoms with Crippen LogP contribution in [0.2, 0.25) is 0 Å². The first kappa shape index (κ1) is 17.5. The van der Waals surface area contributed by atoms with E-state index in [1.54, 1.807) is 12.5 Å². The van der Waals surface area contributed by atoms with E-state index in [4.69, 9.17) is 4.52 Å². The lowest BCUT2D eigenvalue weighted by Crippen LogP contribution is -2.39. The number of H-pyrrole nitrogens is 1. The molecule has 3 aromatic rings. The second-order valence-corrected chi connectivity index (χ2v) is 7.24. The highest BCUT2D eigenvalue weighted by Crippen LogP contribution is 2.33. The average molecular weight is 365 g/mol. The number of carbonyl (C=O) groups excluding carboxylic acids is 1. The van der Waals surface area contributed by atoms with Gasteiger partial charge in [0, 0.05) is 42.7 Å². The molecular formula is C20H23N5O2. The fraction of sp³-hybridized carbons (Fsp3) is 0.400. The van der Waals surface area contributed by atoms with Crippen LogP contribution < -0.4 is 0 Å². The van der Waals surface area contributed by atoms with E-state index < -0.39 is 0 Å². The zero-order chi connectivity index (χ0) is 19.0. The maximum atomic E-state index is 13.0. The highest BCUT2D eigenvalue weighted by Gasteiger charge is 2.29. The van der Waals surface area contributed by atoms with E-state index in [9.17, 15) is 4.79 Å². The van der Waals surface area contributed by atoms with Crippen molar-refractivity contribution in [2.75, 3.05) is 13.1 Å². The zero-order valence-electron chi connectivity index (χ0n) is 15.8. The molecule has 1 aliphatic rings. The molecule has 1 fully saturated rings. The first-order valence-corrected chi connectivity index (χ1v) is 9.22. The van der Waals surface area contributed by atoms with Gasteiger partial charge in [0.1, 0.15) is 6.33 Å². The van der Waals surface area contributed by atoms with Gasteiger partial charge < -0.3 is 14.4 Å². The third-order valence-corrected chi connectivity index (χ3v) is 5.11. The molecule has 0 spiro atoms. The summed E-state index contributed by atoms with van der Waals surface area (Å²) in [6, 6.07) is 3.81. The first-order valence-electron chi connectivity index (χ1n) is 9.22. The summed E-state index contributed by atoms with van der Waals surface area (Å²) in [6.07, 6.45) is 5.25. The fourth-order valence-electron chi connectivity index (χ4n) is 3.85. The van der Waals surface area contributed by atoms with Crippen LogP contribution in [0.5, 0.6) is 0 Å². The highest BCUT2D eigenvalue weighted by atomic mass is 16.5. The van der Waals surface area contributed by atoms with Crippen molar-refractivity contribution in [2.24, 2.45) is 0 Å². The SMILES string of the molecule is Cc1cc(-c2cncnc2C2CCCN(C(=O)c3cc(C)[nH]c3C)C2)on1. The molecule has 1 amide bonds. The van der Waals surface area contributed by atoms with E-state index in [0.717, 1.165) is 53.3 Å². The topological polar surface area (TPSA) is 87.9 Å². The van der Waals surface area contributed by atoms with Crippen molar-refractivity contribution in [2.45, 2.75) is 39.5 Å². The Morgan fingerprint density at radius 2 is 2.15 bits per heavy atom. The molecule has 4 rings (SSSR count). The van der Waals surface area contributed by atoms with Gasteiger partial charge in [-0.3, -0.25) is 4.79 Å². The summed E-state index contributed by atoms with van der Waals surface area (Å²) in [4.78, 5) is 26.9. The number of hydrogen-bond acceptors (Lipinski definition) is 5. The molecule has 7 heteroatoms. The van der Waals surface area contributed by atoms with Crippen LogP contribution >= 0.6 is 0 Å². The summed E-state index contributed by atoms with van der Waals surface area (Å²) in [5.74, 6) is 0.891. The number of rotatable bonds is 3. The molecule has 0 aromatic carbocycles. The second kappa shape index (κ2) is 6.98. The van der Waals surface area contributed by atoms with Gasteiger partial charge in [0.15, 0.2) is 5.76 Å². The van der Waals surface area contributed by atoms with E-state index in [1.165, 1.54) is 0 Å². The Bertz CT molecular complexity index is 974. The Morgan fingerprint density at radius 1 is 1.30 bits per heavy atom. The van der Waals surface area contributed by atoms with E-state index in [1.807, 2.05) is 37.8 Å². The Labute approximate surface area is 157 Å². The maximum absolute atomic E-state index is 13.0. The van der Waals surface area contributed by atoms with Crippen molar-refractivity contribution in [1.82, 2.24) is 25.0 Å². The Kier molecular flexibility index (Phi) is 4.51. The normalized spacial score (nSPS) is 17.3. The van der Waals surface area contributed by atoms with Crippen molar-refractivity contribution in [3.05, 3.63) is 53.0 Å². The standard InChI is InChI=1S/C20H23N5O2/c1-12-7-16(14(3)23-12)20(26)25-6-4-5-15(10-25)19-17(9-21-11-22-19)18-8-13(2)24-27-18/h7-9,11,15,23H,4-6,10H2,1-3H3. The van der Waals surface area contributed by atoms with Crippen molar-refractivity contribution >= 4 is 5.91 Å². The number of nitrogens with zero attached hydrogens (tertiary/aromatic N) is 4. The number of aromatic amines is 1. The number of nitrogens with one attached hydrogen (secondary N) is 1. The predicted molar refractivity (Wildman–Crippen MR) is 100 cm³/mol. The third-order valence-electron chi connectivity index (χ3n) is 5.11. The first-order chi connectivity index (χ1) is 13.0.